The van der Waals surface area contributed by atoms with Crippen molar-refractivity contribution in [3.8, 4) is 5.69 Å². The highest BCUT2D eigenvalue weighted by atomic mass is 19.1. The van der Waals surface area contributed by atoms with Gasteiger partial charge in [-0.2, -0.15) is 0 Å². The van der Waals surface area contributed by atoms with Gasteiger partial charge in [0, 0.05) is 12.2 Å². The van der Waals surface area contributed by atoms with Crippen LogP contribution in [0.3, 0.4) is 0 Å². The molecule has 2 N–H and O–H groups in total. The number of rotatable bonds is 8. The van der Waals surface area contributed by atoms with Crippen molar-refractivity contribution in [3.63, 3.8) is 0 Å². The maximum absolute atomic E-state index is 13.5. The highest BCUT2D eigenvalue weighted by Gasteiger charge is 2.17. The third-order valence-electron chi connectivity index (χ3n) is 5.59. The zero-order valence-corrected chi connectivity index (χ0v) is 19.7. The normalized spacial score (nSPS) is 10.8. The molecule has 0 radical (unpaired) electrons. The molecule has 1 heterocycles. The van der Waals surface area contributed by atoms with Gasteiger partial charge in [-0.05, 0) is 54.4 Å². The number of halogens is 1. The Labute approximate surface area is 206 Å². The molecule has 184 valence electrons. The summed E-state index contributed by atoms with van der Waals surface area (Å²) in [4.78, 5) is 51.4. The van der Waals surface area contributed by atoms with Crippen molar-refractivity contribution in [2.45, 2.75) is 26.3 Å². The Morgan fingerprint density at radius 2 is 1.67 bits per heavy atom. The minimum atomic E-state index is -0.693. The van der Waals surface area contributed by atoms with E-state index in [1.165, 1.54) is 28.8 Å². The Morgan fingerprint density at radius 3 is 2.39 bits per heavy atom. The first kappa shape index (κ1) is 24.6. The lowest BCUT2D eigenvalue weighted by Gasteiger charge is -2.14. The van der Waals surface area contributed by atoms with Crippen LogP contribution < -0.4 is 21.9 Å². The number of nitrogens with one attached hydrogen (secondary N) is 2. The third-order valence-corrected chi connectivity index (χ3v) is 5.59. The standard InChI is InChI=1S/C27H25FN4O4/c1-2-14-29-24(33)15-18-10-12-21(13-11-18)32-26(35)22-8-3-4-9-23(22)31(27(32)36)17-25(34)30-20-7-5-6-19(28)16-20/h3-13,16H,2,14-15,17H2,1H3,(H,29,33)(H,30,34). The van der Waals surface area contributed by atoms with Crippen LogP contribution in [0.2, 0.25) is 0 Å². The molecule has 0 atom stereocenters. The molecule has 3 aromatic carbocycles. The Hall–Kier alpha value is -4.53. The molecule has 0 fully saturated rings. The summed E-state index contributed by atoms with van der Waals surface area (Å²) in [5, 5.41) is 5.64. The second-order valence-electron chi connectivity index (χ2n) is 8.28. The lowest BCUT2D eigenvalue weighted by molar-refractivity contribution is -0.120. The molecule has 4 rings (SSSR count). The number of carbonyl (C=O) groups is 2. The fourth-order valence-electron chi connectivity index (χ4n) is 3.89. The minimum absolute atomic E-state index is 0.112. The van der Waals surface area contributed by atoms with E-state index in [1.54, 1.807) is 48.5 Å². The van der Waals surface area contributed by atoms with Crippen molar-refractivity contribution >= 4 is 28.4 Å². The molecule has 8 nitrogen and oxygen atoms in total. The van der Waals surface area contributed by atoms with Crippen LogP contribution in [0.5, 0.6) is 0 Å². The van der Waals surface area contributed by atoms with E-state index in [4.69, 9.17) is 0 Å². The number of anilines is 1. The molecule has 0 saturated heterocycles. The molecular weight excluding hydrogens is 463 g/mol. The van der Waals surface area contributed by atoms with Gasteiger partial charge in [0.05, 0.1) is 23.0 Å². The van der Waals surface area contributed by atoms with E-state index in [0.29, 0.717) is 17.7 Å². The molecule has 1 aromatic heterocycles. The van der Waals surface area contributed by atoms with E-state index < -0.39 is 23.0 Å². The fraction of sp³-hybridized carbons (Fsp3) is 0.185. The van der Waals surface area contributed by atoms with Crippen LogP contribution in [0, 0.1) is 5.82 Å². The SMILES string of the molecule is CCCNC(=O)Cc1ccc(-n2c(=O)c3ccccc3n(CC(=O)Nc3cccc(F)c3)c2=O)cc1. The largest absolute Gasteiger partial charge is 0.356 e. The van der Waals surface area contributed by atoms with Crippen LogP contribution in [0.4, 0.5) is 10.1 Å². The van der Waals surface area contributed by atoms with Gasteiger partial charge in [0.15, 0.2) is 0 Å². The van der Waals surface area contributed by atoms with Gasteiger partial charge < -0.3 is 10.6 Å². The van der Waals surface area contributed by atoms with Crippen LogP contribution in [0.25, 0.3) is 16.6 Å². The van der Waals surface area contributed by atoms with Gasteiger partial charge in [0.25, 0.3) is 5.56 Å². The van der Waals surface area contributed by atoms with Gasteiger partial charge in [-0.3, -0.25) is 19.0 Å². The molecular formula is C27H25FN4O4. The summed E-state index contributed by atoms with van der Waals surface area (Å²) in [5.41, 5.74) is 0.391. The Bertz CT molecular complexity index is 1540. The van der Waals surface area contributed by atoms with Crippen molar-refractivity contribution in [3.05, 3.63) is 105 Å². The van der Waals surface area contributed by atoms with Gasteiger partial charge in [-0.1, -0.05) is 37.3 Å². The average molecular weight is 489 g/mol. The molecule has 0 saturated carbocycles. The van der Waals surface area contributed by atoms with E-state index in [9.17, 15) is 23.6 Å². The molecule has 0 unspecified atom stereocenters. The Balaban J connectivity index is 1.69. The van der Waals surface area contributed by atoms with E-state index in [0.717, 1.165) is 16.6 Å². The molecule has 4 aromatic rings. The Morgan fingerprint density at radius 1 is 0.917 bits per heavy atom. The lowest BCUT2D eigenvalue weighted by Crippen LogP contribution is -2.40. The number of hydrogen-bond acceptors (Lipinski definition) is 4. The average Bonchev–Trinajstić information content (AvgIpc) is 2.86. The van der Waals surface area contributed by atoms with Crippen LogP contribution in [0.15, 0.2) is 82.4 Å². The summed E-state index contributed by atoms with van der Waals surface area (Å²) in [6, 6.07) is 18.5. The van der Waals surface area contributed by atoms with Crippen molar-refractivity contribution < 1.29 is 14.0 Å². The smallest absolute Gasteiger partial charge is 0.336 e. The summed E-state index contributed by atoms with van der Waals surface area (Å²) in [7, 11) is 0. The topological polar surface area (TPSA) is 102 Å². The second-order valence-corrected chi connectivity index (χ2v) is 8.28. The molecule has 0 aliphatic heterocycles. The van der Waals surface area contributed by atoms with E-state index >= 15 is 0 Å². The quantitative estimate of drug-likeness (QED) is 0.398. The Kier molecular flexibility index (Phi) is 7.39. The molecule has 0 aliphatic rings. The van der Waals surface area contributed by atoms with Gasteiger partial charge in [-0.25, -0.2) is 13.8 Å². The zero-order valence-electron chi connectivity index (χ0n) is 19.7. The number of aromatic nitrogens is 2. The first-order chi connectivity index (χ1) is 17.4. The van der Waals surface area contributed by atoms with Crippen molar-refractivity contribution in [2.24, 2.45) is 0 Å². The highest BCUT2D eigenvalue weighted by Crippen LogP contribution is 2.13. The number of hydrogen-bond donors (Lipinski definition) is 2. The maximum Gasteiger partial charge on any atom is 0.336 e. The second kappa shape index (κ2) is 10.8. The summed E-state index contributed by atoms with van der Waals surface area (Å²) in [5.74, 6) is -1.17. The van der Waals surface area contributed by atoms with Gasteiger partial charge in [0.1, 0.15) is 12.4 Å². The molecule has 9 heteroatoms. The minimum Gasteiger partial charge on any atom is -0.356 e. The summed E-state index contributed by atoms with van der Waals surface area (Å²) < 4.78 is 15.7. The van der Waals surface area contributed by atoms with Gasteiger partial charge in [0.2, 0.25) is 11.8 Å². The van der Waals surface area contributed by atoms with Crippen molar-refractivity contribution in [1.29, 1.82) is 0 Å². The molecule has 0 spiro atoms. The number of amides is 2. The van der Waals surface area contributed by atoms with Crippen LogP contribution in [0.1, 0.15) is 18.9 Å². The van der Waals surface area contributed by atoms with Crippen LogP contribution in [-0.4, -0.2) is 27.5 Å². The van der Waals surface area contributed by atoms with Crippen LogP contribution >= 0.6 is 0 Å². The predicted octanol–water partition coefficient (Wildman–Crippen LogP) is 3.00. The number of para-hydroxylation sites is 1. The lowest BCUT2D eigenvalue weighted by atomic mass is 10.1. The summed E-state index contributed by atoms with van der Waals surface area (Å²) >= 11 is 0. The third kappa shape index (κ3) is 5.41. The van der Waals surface area contributed by atoms with Gasteiger partial charge >= 0.3 is 5.69 Å². The monoisotopic (exact) mass is 488 g/mol. The summed E-state index contributed by atoms with van der Waals surface area (Å²) in [6.07, 6.45) is 1.01. The highest BCUT2D eigenvalue weighted by molar-refractivity contribution is 5.91. The first-order valence-electron chi connectivity index (χ1n) is 11.5. The van der Waals surface area contributed by atoms with Crippen molar-refractivity contribution in [2.75, 3.05) is 11.9 Å². The summed E-state index contributed by atoms with van der Waals surface area (Å²) in [6.45, 7) is 2.18. The van der Waals surface area contributed by atoms with Crippen molar-refractivity contribution in [1.82, 2.24) is 14.5 Å². The number of nitrogens with zero attached hydrogens (tertiary/aromatic N) is 2. The molecule has 2 amide bonds. The van der Waals surface area contributed by atoms with E-state index in [2.05, 4.69) is 10.6 Å². The van der Waals surface area contributed by atoms with E-state index in [1.807, 2.05) is 6.92 Å². The zero-order chi connectivity index (χ0) is 25.7. The van der Waals surface area contributed by atoms with E-state index in [-0.39, 0.29) is 29.9 Å². The number of carbonyl (C=O) groups excluding carboxylic acids is 2. The van der Waals surface area contributed by atoms with Gasteiger partial charge in [-0.15, -0.1) is 0 Å². The fourth-order valence-corrected chi connectivity index (χ4v) is 3.89. The number of benzene rings is 3. The first-order valence-corrected chi connectivity index (χ1v) is 11.5. The molecule has 0 aliphatic carbocycles. The molecule has 0 bridgehead atoms. The molecule has 36 heavy (non-hydrogen) atoms. The predicted molar refractivity (Wildman–Crippen MR) is 136 cm³/mol. The maximum atomic E-state index is 13.5. The number of fused-ring (bicyclic) bond motifs is 1. The van der Waals surface area contributed by atoms with Crippen LogP contribution in [-0.2, 0) is 22.6 Å².